The van der Waals surface area contributed by atoms with Gasteiger partial charge < -0.3 is 9.84 Å². The molecule has 0 spiro atoms. The number of ether oxygens (including phenoxy) is 1. The summed E-state index contributed by atoms with van der Waals surface area (Å²) in [5.41, 5.74) is 3.86. The molecule has 2 fully saturated rings. The largest absolute Gasteiger partial charge is 0.469 e. The molecule has 5 nitrogen and oxygen atoms in total. The molecule has 1 N–H and O–H groups in total. The van der Waals surface area contributed by atoms with Crippen molar-refractivity contribution in [3.05, 3.63) is 35.6 Å². The van der Waals surface area contributed by atoms with Crippen LogP contribution >= 0.6 is 0 Å². The van der Waals surface area contributed by atoms with E-state index in [0.717, 1.165) is 38.1 Å². The highest BCUT2D eigenvalue weighted by Gasteiger charge is 2.50. The van der Waals surface area contributed by atoms with Crippen LogP contribution in [0.5, 0.6) is 0 Å². The first kappa shape index (κ1) is 16.5. The molecule has 138 valence electrons. The van der Waals surface area contributed by atoms with Crippen molar-refractivity contribution >= 4 is 11.7 Å². The third kappa shape index (κ3) is 2.37. The molecule has 0 aromatic carbocycles. The summed E-state index contributed by atoms with van der Waals surface area (Å²) in [5.74, 6) is 0.374. The molecular weight excluding hydrogens is 328 g/mol. The van der Waals surface area contributed by atoms with Crippen molar-refractivity contribution < 1.29 is 14.6 Å². The Morgan fingerprint density at radius 1 is 1.35 bits per heavy atom. The van der Waals surface area contributed by atoms with E-state index in [1.165, 1.54) is 18.4 Å². The molecule has 6 atom stereocenters. The van der Waals surface area contributed by atoms with Gasteiger partial charge in [-0.05, 0) is 49.2 Å². The molecule has 1 unspecified atom stereocenters. The fourth-order valence-corrected chi connectivity index (χ4v) is 5.90. The average Bonchev–Trinajstić information content (AvgIpc) is 3.05. The average molecular weight is 354 g/mol. The molecule has 0 aromatic heterocycles. The van der Waals surface area contributed by atoms with Crippen LogP contribution < -0.4 is 0 Å². The van der Waals surface area contributed by atoms with Gasteiger partial charge in [-0.25, -0.2) is 0 Å². The molecule has 5 heteroatoms. The number of piperidine rings is 1. The number of methoxy groups -OCH3 is 1. The molecule has 26 heavy (non-hydrogen) atoms. The van der Waals surface area contributed by atoms with Gasteiger partial charge in [-0.1, -0.05) is 18.2 Å². The molecule has 5 aliphatic rings. The Bertz CT molecular complexity index is 750. The Morgan fingerprint density at radius 3 is 3.08 bits per heavy atom. The maximum absolute atomic E-state index is 12.4. The van der Waals surface area contributed by atoms with E-state index in [9.17, 15) is 9.90 Å². The van der Waals surface area contributed by atoms with Crippen LogP contribution in [0.3, 0.4) is 0 Å². The van der Waals surface area contributed by atoms with Crippen molar-refractivity contribution in [2.24, 2.45) is 28.7 Å². The first-order valence-corrected chi connectivity index (χ1v) is 9.83. The molecule has 0 bridgehead atoms. The first-order valence-electron chi connectivity index (χ1n) is 9.83. The highest BCUT2D eigenvalue weighted by molar-refractivity contribution is 6.04. The van der Waals surface area contributed by atoms with Crippen molar-refractivity contribution in [1.29, 1.82) is 0 Å². The zero-order valence-corrected chi connectivity index (χ0v) is 15.2. The number of fused-ring (bicyclic) bond motifs is 5. The number of carbonyl (C=O) groups excluding carboxylic acids is 1. The summed E-state index contributed by atoms with van der Waals surface area (Å²) in [5, 5.41) is 10.5. The number of aliphatic imine (C=N–C) groups is 1. The van der Waals surface area contributed by atoms with Crippen molar-refractivity contribution in [1.82, 2.24) is 4.90 Å². The van der Waals surface area contributed by atoms with Crippen LogP contribution in [0.2, 0.25) is 0 Å². The molecule has 2 aliphatic carbocycles. The Kier molecular flexibility index (Phi) is 3.90. The zero-order valence-electron chi connectivity index (χ0n) is 15.2. The molecule has 0 aromatic rings. The van der Waals surface area contributed by atoms with Gasteiger partial charge in [0.15, 0.2) is 0 Å². The molecule has 5 rings (SSSR count). The van der Waals surface area contributed by atoms with Crippen LogP contribution in [0.25, 0.3) is 0 Å². The van der Waals surface area contributed by atoms with E-state index < -0.39 is 6.10 Å². The monoisotopic (exact) mass is 354 g/mol. The predicted molar refractivity (Wildman–Crippen MR) is 98.6 cm³/mol. The van der Waals surface area contributed by atoms with Crippen molar-refractivity contribution in [3.8, 4) is 0 Å². The lowest BCUT2D eigenvalue weighted by atomic mass is 9.64. The zero-order chi connectivity index (χ0) is 17.8. The highest BCUT2D eigenvalue weighted by Crippen LogP contribution is 2.48. The smallest absolute Gasteiger partial charge is 0.311 e. The Labute approximate surface area is 154 Å². The van der Waals surface area contributed by atoms with Gasteiger partial charge in [-0.15, -0.1) is 0 Å². The fraction of sp³-hybridized carbons (Fsp3) is 0.619. The molecule has 0 amide bonds. The third-order valence-corrected chi connectivity index (χ3v) is 7.13. The quantitative estimate of drug-likeness (QED) is 0.733. The van der Waals surface area contributed by atoms with E-state index in [4.69, 9.17) is 9.73 Å². The second-order valence-corrected chi connectivity index (χ2v) is 8.28. The van der Waals surface area contributed by atoms with Crippen LogP contribution in [0, 0.1) is 23.7 Å². The minimum absolute atomic E-state index is 0.188. The summed E-state index contributed by atoms with van der Waals surface area (Å²) in [6.07, 6.45) is 11.7. The molecule has 1 saturated heterocycles. The number of hydrogen-bond acceptors (Lipinski definition) is 5. The summed E-state index contributed by atoms with van der Waals surface area (Å²) >= 11 is 0. The van der Waals surface area contributed by atoms with E-state index in [-0.39, 0.29) is 23.8 Å². The summed E-state index contributed by atoms with van der Waals surface area (Å²) in [4.78, 5) is 19.9. The molecule has 3 heterocycles. The minimum Gasteiger partial charge on any atom is -0.469 e. The van der Waals surface area contributed by atoms with E-state index in [1.807, 2.05) is 0 Å². The lowest BCUT2D eigenvalue weighted by Crippen LogP contribution is -2.56. The maximum atomic E-state index is 12.4. The Hall–Kier alpha value is -1.72. The number of aliphatic hydroxyl groups is 1. The summed E-state index contributed by atoms with van der Waals surface area (Å²) in [6, 6.07) is 0.275. The van der Waals surface area contributed by atoms with Gasteiger partial charge in [0.1, 0.15) is 0 Å². The summed E-state index contributed by atoms with van der Waals surface area (Å²) in [7, 11) is 1.43. The van der Waals surface area contributed by atoms with E-state index in [0.29, 0.717) is 18.3 Å². The number of hydrogen-bond donors (Lipinski definition) is 1. The summed E-state index contributed by atoms with van der Waals surface area (Å²) < 4.78 is 5.04. The van der Waals surface area contributed by atoms with Gasteiger partial charge in [0, 0.05) is 19.0 Å². The number of esters is 1. The van der Waals surface area contributed by atoms with Gasteiger partial charge in [0.2, 0.25) is 0 Å². The normalized spacial score (nSPS) is 41.1. The van der Waals surface area contributed by atoms with Crippen LogP contribution in [0.15, 0.2) is 40.6 Å². The van der Waals surface area contributed by atoms with Gasteiger partial charge >= 0.3 is 5.97 Å². The van der Waals surface area contributed by atoms with Crippen LogP contribution in [0.1, 0.15) is 25.7 Å². The molecule has 3 aliphatic heterocycles. The van der Waals surface area contributed by atoms with Crippen LogP contribution in [0.4, 0.5) is 0 Å². The van der Waals surface area contributed by atoms with Crippen molar-refractivity contribution in [2.45, 2.75) is 37.8 Å². The van der Waals surface area contributed by atoms with Crippen LogP contribution in [-0.2, 0) is 9.53 Å². The number of rotatable bonds is 1. The van der Waals surface area contributed by atoms with E-state index >= 15 is 0 Å². The predicted octanol–water partition coefficient (Wildman–Crippen LogP) is 2.09. The van der Waals surface area contributed by atoms with E-state index in [1.54, 1.807) is 0 Å². The third-order valence-electron chi connectivity index (χ3n) is 7.13. The Morgan fingerprint density at radius 2 is 2.23 bits per heavy atom. The van der Waals surface area contributed by atoms with E-state index in [2.05, 4.69) is 29.2 Å². The second-order valence-electron chi connectivity index (χ2n) is 8.28. The molecule has 1 saturated carbocycles. The van der Waals surface area contributed by atoms with Gasteiger partial charge in [0.05, 0.1) is 36.6 Å². The van der Waals surface area contributed by atoms with Gasteiger partial charge in [0.25, 0.3) is 0 Å². The number of aliphatic hydroxyl groups excluding tert-OH is 1. The minimum atomic E-state index is -0.573. The lowest BCUT2D eigenvalue weighted by molar-refractivity contribution is -0.159. The van der Waals surface area contributed by atoms with Gasteiger partial charge in [-0.3, -0.25) is 14.7 Å². The number of allylic oxidation sites excluding steroid dienone is 4. The van der Waals surface area contributed by atoms with Crippen molar-refractivity contribution in [3.63, 3.8) is 0 Å². The highest BCUT2D eigenvalue weighted by atomic mass is 16.5. The number of nitrogens with zero attached hydrogens (tertiary/aromatic N) is 2. The Balaban J connectivity index is 1.47. The lowest BCUT2D eigenvalue weighted by Gasteiger charge is -2.51. The summed E-state index contributed by atoms with van der Waals surface area (Å²) in [6.45, 7) is 2.09. The first-order chi connectivity index (χ1) is 12.7. The van der Waals surface area contributed by atoms with Crippen molar-refractivity contribution in [2.75, 3.05) is 20.2 Å². The fourth-order valence-electron chi connectivity index (χ4n) is 5.90. The SMILES string of the molecule is COC(=O)[C@@H]1[C@H]2C[C@H]3C4=C(CCN3C[C@@H]2CC[C@@H]1O)C1C=CC=CC1=N4. The second kappa shape index (κ2) is 6.17. The van der Waals surface area contributed by atoms with Gasteiger partial charge in [-0.2, -0.15) is 0 Å². The molecular formula is C21H26N2O3. The molecule has 0 radical (unpaired) electrons. The topological polar surface area (TPSA) is 62.1 Å². The standard InChI is InChI=1S/C21H26N2O3/c1-26-21(25)19-15-10-17-20-14(13-4-2-3-5-16(13)22-20)8-9-23(17)11-12(15)6-7-18(19)24/h2-5,12-13,15,17-19,24H,6-11H2,1H3/t12-,13?,15-,17-,18-,19+/m0/s1. The number of carbonyl (C=O) groups is 1. The van der Waals surface area contributed by atoms with Crippen LogP contribution in [-0.4, -0.2) is 54.0 Å². The maximum Gasteiger partial charge on any atom is 0.311 e.